The minimum absolute atomic E-state index is 0.258. The first-order valence-corrected chi connectivity index (χ1v) is 11.9. The zero-order valence-corrected chi connectivity index (χ0v) is 19.0. The largest absolute Gasteiger partial charge is 0.480 e. The van der Waals surface area contributed by atoms with Crippen molar-refractivity contribution in [2.24, 2.45) is 0 Å². The number of nitrogens with zero attached hydrogens (tertiary/aromatic N) is 1. The molecular formula is C22H45NO2S. The van der Waals surface area contributed by atoms with Crippen LogP contribution in [0.15, 0.2) is 0 Å². The van der Waals surface area contributed by atoms with Crippen molar-refractivity contribution in [1.29, 1.82) is 0 Å². The summed E-state index contributed by atoms with van der Waals surface area (Å²) in [6.45, 7) is 9.56. The molecule has 156 valence electrons. The lowest BCUT2D eigenvalue weighted by Crippen LogP contribution is -2.51. The molecule has 0 saturated heterocycles. The minimum atomic E-state index is -0.682. The molecule has 0 heterocycles. The second-order valence-corrected chi connectivity index (χ2v) is 9.96. The van der Waals surface area contributed by atoms with Gasteiger partial charge in [-0.05, 0) is 46.0 Å². The maximum Gasteiger partial charge on any atom is 0.322 e. The first-order chi connectivity index (χ1) is 12.4. The quantitative estimate of drug-likeness (QED) is 0.269. The minimum Gasteiger partial charge on any atom is -0.480 e. The molecule has 0 amide bonds. The number of carbonyl (C=O) groups is 1. The number of rotatable bonds is 18. The van der Waals surface area contributed by atoms with Gasteiger partial charge in [0.15, 0.2) is 0 Å². The third-order valence-electron chi connectivity index (χ3n) is 5.17. The number of aliphatic carboxylic acids is 1. The van der Waals surface area contributed by atoms with E-state index in [4.69, 9.17) is 0 Å². The Balaban J connectivity index is 4.22. The van der Waals surface area contributed by atoms with E-state index in [1.807, 2.05) is 18.8 Å². The molecule has 0 radical (unpaired) electrons. The number of likely N-dealkylation sites (N-methyl/N-ethyl adjacent to an activating group) is 1. The Morgan fingerprint density at radius 3 is 1.85 bits per heavy atom. The maximum atomic E-state index is 11.9. The van der Waals surface area contributed by atoms with Gasteiger partial charge < -0.3 is 5.11 Å². The average Bonchev–Trinajstić information content (AvgIpc) is 2.56. The lowest BCUT2D eigenvalue weighted by Gasteiger charge is -2.37. The third kappa shape index (κ3) is 12.2. The summed E-state index contributed by atoms with van der Waals surface area (Å²) >= 11 is 1.84. The van der Waals surface area contributed by atoms with Crippen LogP contribution in [0.5, 0.6) is 0 Å². The fraction of sp³-hybridized carbons (Fsp3) is 0.955. The molecule has 0 fully saturated rings. The molecule has 0 aliphatic rings. The molecule has 0 spiro atoms. The highest BCUT2D eigenvalue weighted by molar-refractivity contribution is 8.00. The van der Waals surface area contributed by atoms with E-state index in [9.17, 15) is 9.90 Å². The summed E-state index contributed by atoms with van der Waals surface area (Å²) < 4.78 is -0.258. The molecule has 0 bridgehead atoms. The maximum absolute atomic E-state index is 11.9. The normalized spacial score (nSPS) is 13.3. The monoisotopic (exact) mass is 387 g/mol. The Bertz CT molecular complexity index is 347. The van der Waals surface area contributed by atoms with Gasteiger partial charge in [0, 0.05) is 4.75 Å². The van der Waals surface area contributed by atoms with E-state index >= 15 is 0 Å². The van der Waals surface area contributed by atoms with E-state index in [2.05, 4.69) is 32.6 Å². The fourth-order valence-electron chi connectivity index (χ4n) is 3.58. The topological polar surface area (TPSA) is 40.5 Å². The molecule has 3 nitrogen and oxygen atoms in total. The van der Waals surface area contributed by atoms with Crippen molar-refractivity contribution >= 4 is 17.7 Å². The molecule has 0 aromatic carbocycles. The first-order valence-electron chi connectivity index (χ1n) is 10.9. The van der Waals surface area contributed by atoms with Crippen LogP contribution in [-0.2, 0) is 4.79 Å². The van der Waals surface area contributed by atoms with Crippen LogP contribution in [0.4, 0.5) is 0 Å². The summed E-state index contributed by atoms with van der Waals surface area (Å²) in [5.74, 6) is 0.382. The van der Waals surface area contributed by atoms with Gasteiger partial charge in [0.05, 0.1) is 0 Å². The van der Waals surface area contributed by atoms with Crippen LogP contribution in [0.2, 0.25) is 0 Å². The SMILES string of the molecule is CCCCCCCCSC(C)(C)[C@H](C(=O)O)N(C)CCCCCCCC. The number of carboxylic acids is 1. The molecule has 1 atom stereocenters. The fourth-order valence-corrected chi connectivity index (χ4v) is 4.90. The molecular weight excluding hydrogens is 342 g/mol. The van der Waals surface area contributed by atoms with Crippen LogP contribution in [-0.4, -0.2) is 46.1 Å². The molecule has 0 saturated carbocycles. The highest BCUT2D eigenvalue weighted by Gasteiger charge is 2.38. The van der Waals surface area contributed by atoms with Gasteiger partial charge in [-0.15, -0.1) is 0 Å². The van der Waals surface area contributed by atoms with E-state index in [-0.39, 0.29) is 4.75 Å². The number of carboxylic acid groups (broad SMARTS) is 1. The number of hydrogen-bond acceptors (Lipinski definition) is 3. The van der Waals surface area contributed by atoms with Crippen molar-refractivity contribution < 1.29 is 9.90 Å². The van der Waals surface area contributed by atoms with Crippen LogP contribution < -0.4 is 0 Å². The predicted molar refractivity (Wildman–Crippen MR) is 117 cm³/mol. The van der Waals surface area contributed by atoms with Gasteiger partial charge in [0.2, 0.25) is 0 Å². The second kappa shape index (κ2) is 15.8. The Morgan fingerprint density at radius 2 is 1.35 bits per heavy atom. The molecule has 0 aromatic rings. The number of hydrogen-bond donors (Lipinski definition) is 1. The molecule has 26 heavy (non-hydrogen) atoms. The van der Waals surface area contributed by atoms with Crippen LogP contribution in [0.3, 0.4) is 0 Å². The van der Waals surface area contributed by atoms with Gasteiger partial charge in [0.1, 0.15) is 6.04 Å². The lowest BCUT2D eigenvalue weighted by molar-refractivity contribution is -0.143. The van der Waals surface area contributed by atoms with Crippen molar-refractivity contribution in [2.75, 3.05) is 19.3 Å². The Labute approximate surface area is 167 Å². The Morgan fingerprint density at radius 1 is 0.885 bits per heavy atom. The summed E-state index contributed by atoms with van der Waals surface area (Å²) in [6.07, 6.45) is 15.2. The summed E-state index contributed by atoms with van der Waals surface area (Å²) in [4.78, 5) is 14.0. The van der Waals surface area contributed by atoms with Crippen molar-refractivity contribution in [2.45, 2.75) is 116 Å². The number of thioether (sulfide) groups is 1. The molecule has 0 aliphatic heterocycles. The van der Waals surface area contributed by atoms with Crippen LogP contribution in [0, 0.1) is 0 Å². The van der Waals surface area contributed by atoms with Crippen molar-refractivity contribution in [3.05, 3.63) is 0 Å². The van der Waals surface area contributed by atoms with Crippen LogP contribution in [0.1, 0.15) is 105 Å². The summed E-state index contributed by atoms with van der Waals surface area (Å²) in [7, 11) is 1.98. The standard InChI is InChI=1S/C22H45NO2S/c1-6-8-10-12-14-16-18-23(5)20(21(24)25)22(3,4)26-19-17-15-13-11-9-7-2/h20H,6-19H2,1-5H3,(H,24,25)/t20-/m0/s1. The third-order valence-corrected chi connectivity index (χ3v) is 6.63. The highest BCUT2D eigenvalue weighted by atomic mass is 32.2. The zero-order chi connectivity index (χ0) is 19.8. The van der Waals surface area contributed by atoms with E-state index in [0.29, 0.717) is 0 Å². The van der Waals surface area contributed by atoms with Gasteiger partial charge in [0.25, 0.3) is 0 Å². The summed E-state index contributed by atoms with van der Waals surface area (Å²) in [5.41, 5.74) is 0. The van der Waals surface area contributed by atoms with Crippen molar-refractivity contribution in [1.82, 2.24) is 4.90 Å². The summed E-state index contributed by atoms with van der Waals surface area (Å²) in [5, 5.41) is 9.80. The molecule has 0 aromatic heterocycles. The predicted octanol–water partition coefficient (Wildman–Crippen LogP) is 6.60. The van der Waals surface area contributed by atoms with Crippen molar-refractivity contribution in [3.8, 4) is 0 Å². The zero-order valence-electron chi connectivity index (χ0n) is 18.2. The molecule has 4 heteroatoms. The van der Waals surface area contributed by atoms with E-state index < -0.39 is 12.0 Å². The Hall–Kier alpha value is -0.220. The second-order valence-electron chi connectivity index (χ2n) is 8.21. The molecule has 1 N–H and O–H groups in total. The van der Waals surface area contributed by atoms with E-state index in [1.54, 1.807) is 0 Å². The van der Waals surface area contributed by atoms with Gasteiger partial charge in [-0.1, -0.05) is 78.1 Å². The first kappa shape index (κ1) is 25.8. The smallest absolute Gasteiger partial charge is 0.322 e. The Kier molecular flexibility index (Phi) is 15.7. The van der Waals surface area contributed by atoms with Gasteiger partial charge in [-0.3, -0.25) is 9.69 Å². The number of unbranched alkanes of at least 4 members (excludes halogenated alkanes) is 10. The molecule has 0 rings (SSSR count). The molecule has 0 aliphatic carbocycles. The van der Waals surface area contributed by atoms with E-state index in [1.165, 1.54) is 70.6 Å². The van der Waals surface area contributed by atoms with E-state index in [0.717, 1.165) is 18.7 Å². The molecule has 0 unspecified atom stereocenters. The van der Waals surface area contributed by atoms with Crippen molar-refractivity contribution in [3.63, 3.8) is 0 Å². The van der Waals surface area contributed by atoms with Gasteiger partial charge >= 0.3 is 5.97 Å². The van der Waals surface area contributed by atoms with Gasteiger partial charge in [-0.25, -0.2) is 0 Å². The highest BCUT2D eigenvalue weighted by Crippen LogP contribution is 2.32. The summed E-state index contributed by atoms with van der Waals surface area (Å²) in [6, 6.07) is -0.414. The van der Waals surface area contributed by atoms with Gasteiger partial charge in [-0.2, -0.15) is 11.8 Å². The average molecular weight is 388 g/mol. The lowest BCUT2D eigenvalue weighted by atomic mass is 10.0. The van der Waals surface area contributed by atoms with Crippen LogP contribution >= 0.6 is 11.8 Å². The van der Waals surface area contributed by atoms with Crippen LogP contribution in [0.25, 0.3) is 0 Å².